The lowest BCUT2D eigenvalue weighted by Crippen LogP contribution is -2.21. The molecule has 0 bridgehead atoms. The summed E-state index contributed by atoms with van der Waals surface area (Å²) in [6.07, 6.45) is 0. The van der Waals surface area contributed by atoms with Gasteiger partial charge < -0.3 is 14.5 Å². The van der Waals surface area contributed by atoms with Gasteiger partial charge in [0.1, 0.15) is 5.58 Å². The van der Waals surface area contributed by atoms with Gasteiger partial charge in [0.15, 0.2) is 6.61 Å². The van der Waals surface area contributed by atoms with Crippen molar-refractivity contribution in [2.45, 2.75) is 6.92 Å². The van der Waals surface area contributed by atoms with Crippen molar-refractivity contribution in [2.75, 3.05) is 11.9 Å². The number of anilines is 1. The Kier molecular flexibility index (Phi) is 5.11. The second-order valence-electron chi connectivity index (χ2n) is 5.30. The number of furan rings is 1. The van der Waals surface area contributed by atoms with Crippen LogP contribution in [-0.4, -0.2) is 18.5 Å². The Hall–Kier alpha value is -2.31. The zero-order chi connectivity index (χ0) is 18.0. The molecule has 0 spiro atoms. The summed E-state index contributed by atoms with van der Waals surface area (Å²) in [6, 6.07) is 12.2. The smallest absolute Gasteiger partial charge is 0.375 e. The zero-order valence-corrected chi connectivity index (χ0v) is 15.5. The summed E-state index contributed by atoms with van der Waals surface area (Å²) in [7, 11) is 0. The van der Waals surface area contributed by atoms with E-state index in [2.05, 4.69) is 21.2 Å². The molecule has 1 aromatic heterocycles. The molecule has 128 valence electrons. The van der Waals surface area contributed by atoms with E-state index in [1.165, 1.54) is 0 Å². The van der Waals surface area contributed by atoms with Gasteiger partial charge in [0.25, 0.3) is 5.91 Å². The summed E-state index contributed by atoms with van der Waals surface area (Å²) < 4.78 is 11.5. The number of esters is 1. The van der Waals surface area contributed by atoms with E-state index in [1.807, 2.05) is 12.1 Å². The molecule has 0 unspecified atom stereocenters. The van der Waals surface area contributed by atoms with Crippen LogP contribution in [0.15, 0.2) is 51.4 Å². The quantitative estimate of drug-likeness (QED) is 0.604. The fourth-order valence-corrected chi connectivity index (χ4v) is 2.88. The first-order valence-corrected chi connectivity index (χ1v) is 8.53. The predicted octanol–water partition coefficient (Wildman–Crippen LogP) is 4.95. The van der Waals surface area contributed by atoms with E-state index < -0.39 is 18.5 Å². The minimum Gasteiger partial charge on any atom is -0.450 e. The molecule has 2 aromatic carbocycles. The van der Waals surface area contributed by atoms with Crippen molar-refractivity contribution in [1.82, 2.24) is 0 Å². The zero-order valence-electron chi connectivity index (χ0n) is 13.1. The van der Waals surface area contributed by atoms with E-state index >= 15 is 0 Å². The van der Waals surface area contributed by atoms with Crippen molar-refractivity contribution >= 4 is 56.1 Å². The van der Waals surface area contributed by atoms with Crippen molar-refractivity contribution in [3.8, 4) is 0 Å². The molecule has 1 heterocycles. The molecule has 0 radical (unpaired) electrons. The standard InChI is InChI=1S/C18H13BrClNO4/c1-10-12-8-11(19)6-7-15(12)25-17(10)18(23)24-9-16(22)21-14-5-3-2-4-13(14)20/h2-8H,9H2,1H3,(H,21,22). The fourth-order valence-electron chi connectivity index (χ4n) is 2.33. The largest absolute Gasteiger partial charge is 0.450 e. The van der Waals surface area contributed by atoms with Gasteiger partial charge in [-0.3, -0.25) is 4.79 Å². The molecule has 0 aliphatic heterocycles. The number of hydrogen-bond acceptors (Lipinski definition) is 4. The van der Waals surface area contributed by atoms with Gasteiger partial charge >= 0.3 is 5.97 Å². The number of nitrogens with one attached hydrogen (secondary N) is 1. The molecule has 5 nitrogen and oxygen atoms in total. The lowest BCUT2D eigenvalue weighted by Gasteiger charge is -2.07. The molecule has 25 heavy (non-hydrogen) atoms. The molecular weight excluding hydrogens is 410 g/mol. The number of fused-ring (bicyclic) bond motifs is 1. The van der Waals surface area contributed by atoms with E-state index in [0.717, 1.165) is 9.86 Å². The Morgan fingerprint density at radius 1 is 1.24 bits per heavy atom. The van der Waals surface area contributed by atoms with Crippen molar-refractivity contribution in [3.63, 3.8) is 0 Å². The molecular formula is C18H13BrClNO4. The number of para-hydroxylation sites is 1. The maximum atomic E-state index is 12.2. The number of carbonyl (C=O) groups excluding carboxylic acids is 2. The van der Waals surface area contributed by atoms with Crippen molar-refractivity contribution in [3.05, 3.63) is 63.3 Å². The SMILES string of the molecule is Cc1c(C(=O)OCC(=O)Nc2ccccc2Cl)oc2ccc(Br)cc12. The summed E-state index contributed by atoms with van der Waals surface area (Å²) in [5.74, 6) is -1.10. The van der Waals surface area contributed by atoms with Crippen LogP contribution in [0.1, 0.15) is 16.1 Å². The molecule has 1 amide bonds. The van der Waals surface area contributed by atoms with E-state index in [-0.39, 0.29) is 5.76 Å². The second kappa shape index (κ2) is 7.29. The number of benzene rings is 2. The first-order chi connectivity index (χ1) is 12.0. The topological polar surface area (TPSA) is 68.5 Å². The van der Waals surface area contributed by atoms with Crippen molar-refractivity contribution in [2.24, 2.45) is 0 Å². The number of halogens is 2. The minimum absolute atomic E-state index is 0.0821. The number of ether oxygens (including phenoxy) is 1. The number of aryl methyl sites for hydroxylation is 1. The molecule has 7 heteroatoms. The lowest BCUT2D eigenvalue weighted by atomic mass is 10.1. The lowest BCUT2D eigenvalue weighted by molar-refractivity contribution is -0.119. The third-order valence-corrected chi connectivity index (χ3v) is 4.39. The Balaban J connectivity index is 1.67. The highest BCUT2D eigenvalue weighted by Crippen LogP contribution is 2.28. The Bertz CT molecular complexity index is 967. The van der Waals surface area contributed by atoms with Gasteiger partial charge in [-0.05, 0) is 37.3 Å². The third-order valence-electron chi connectivity index (χ3n) is 3.57. The number of hydrogen-bond donors (Lipinski definition) is 1. The first kappa shape index (κ1) is 17.5. The normalized spacial score (nSPS) is 10.7. The molecule has 1 N–H and O–H groups in total. The average Bonchev–Trinajstić information content (AvgIpc) is 2.91. The van der Waals surface area contributed by atoms with Crippen LogP contribution >= 0.6 is 27.5 Å². The van der Waals surface area contributed by atoms with Gasteiger partial charge in [-0.1, -0.05) is 39.7 Å². The molecule has 3 aromatic rings. The number of carbonyl (C=O) groups is 2. The second-order valence-corrected chi connectivity index (χ2v) is 6.62. The average molecular weight is 423 g/mol. The highest BCUT2D eigenvalue weighted by molar-refractivity contribution is 9.10. The molecule has 0 fully saturated rings. The van der Waals surface area contributed by atoms with E-state index in [9.17, 15) is 9.59 Å². The summed E-state index contributed by atoms with van der Waals surface area (Å²) in [4.78, 5) is 24.1. The van der Waals surface area contributed by atoms with Gasteiger partial charge in [-0.15, -0.1) is 0 Å². The van der Waals surface area contributed by atoms with Crippen LogP contribution in [0.3, 0.4) is 0 Å². The van der Waals surface area contributed by atoms with Crippen molar-refractivity contribution < 1.29 is 18.7 Å². The van der Waals surface area contributed by atoms with Crippen LogP contribution < -0.4 is 5.32 Å². The maximum Gasteiger partial charge on any atom is 0.375 e. The van der Waals surface area contributed by atoms with Gasteiger partial charge in [0, 0.05) is 15.4 Å². The molecule has 0 aliphatic carbocycles. The molecule has 0 saturated heterocycles. The highest BCUT2D eigenvalue weighted by atomic mass is 79.9. The van der Waals surface area contributed by atoms with Crippen LogP contribution in [0.4, 0.5) is 5.69 Å². The van der Waals surface area contributed by atoms with Crippen LogP contribution in [-0.2, 0) is 9.53 Å². The van der Waals surface area contributed by atoms with Gasteiger partial charge in [0.05, 0.1) is 10.7 Å². The first-order valence-electron chi connectivity index (χ1n) is 7.36. The Morgan fingerprint density at radius 2 is 2.00 bits per heavy atom. The summed E-state index contributed by atoms with van der Waals surface area (Å²) in [5, 5.41) is 3.79. The van der Waals surface area contributed by atoms with Gasteiger partial charge in [-0.25, -0.2) is 4.79 Å². The summed E-state index contributed by atoms with van der Waals surface area (Å²) in [6.45, 7) is 1.32. The molecule has 0 saturated carbocycles. The maximum absolute atomic E-state index is 12.2. The summed E-state index contributed by atoms with van der Waals surface area (Å²) in [5.41, 5.74) is 1.69. The van der Waals surface area contributed by atoms with E-state index in [1.54, 1.807) is 37.3 Å². The Labute approximate surface area is 157 Å². The Morgan fingerprint density at radius 3 is 2.76 bits per heavy atom. The van der Waals surface area contributed by atoms with E-state index in [0.29, 0.717) is 21.9 Å². The summed E-state index contributed by atoms with van der Waals surface area (Å²) >= 11 is 9.34. The fraction of sp³-hybridized carbons (Fsp3) is 0.111. The molecule has 0 aliphatic rings. The monoisotopic (exact) mass is 421 g/mol. The van der Waals surface area contributed by atoms with Gasteiger partial charge in [0.2, 0.25) is 5.76 Å². The number of rotatable bonds is 4. The van der Waals surface area contributed by atoms with Crippen LogP contribution in [0.25, 0.3) is 11.0 Å². The van der Waals surface area contributed by atoms with E-state index in [4.69, 9.17) is 20.8 Å². The van der Waals surface area contributed by atoms with Crippen LogP contribution in [0.2, 0.25) is 5.02 Å². The van der Waals surface area contributed by atoms with Gasteiger partial charge in [-0.2, -0.15) is 0 Å². The minimum atomic E-state index is -0.695. The van der Waals surface area contributed by atoms with Crippen molar-refractivity contribution in [1.29, 1.82) is 0 Å². The predicted molar refractivity (Wildman–Crippen MR) is 99.0 cm³/mol. The highest BCUT2D eigenvalue weighted by Gasteiger charge is 2.20. The molecule has 3 rings (SSSR count). The number of amides is 1. The molecule has 0 atom stereocenters. The third kappa shape index (κ3) is 3.86. The van der Waals surface area contributed by atoms with Crippen LogP contribution in [0, 0.1) is 6.92 Å². The van der Waals surface area contributed by atoms with Crippen LogP contribution in [0.5, 0.6) is 0 Å².